The smallest absolute Gasteiger partial charge is 0.270 e. The zero-order valence-corrected chi connectivity index (χ0v) is 15.1. The second-order valence-corrected chi connectivity index (χ2v) is 6.92. The molecule has 8 heteroatoms. The zero-order valence-electron chi connectivity index (χ0n) is 14.3. The van der Waals surface area contributed by atoms with Gasteiger partial charge in [-0.15, -0.1) is 0 Å². The number of carbonyl (C=O) groups excluding carboxylic acids is 1. The maximum Gasteiger partial charge on any atom is 0.270 e. The van der Waals surface area contributed by atoms with Crippen LogP contribution in [0.2, 0.25) is 0 Å². The highest BCUT2D eigenvalue weighted by molar-refractivity contribution is 8.03. The fourth-order valence-electron chi connectivity index (χ4n) is 3.01. The van der Waals surface area contributed by atoms with E-state index >= 15 is 0 Å². The van der Waals surface area contributed by atoms with Gasteiger partial charge in [-0.25, -0.2) is 0 Å². The average Bonchev–Trinajstić information content (AvgIpc) is 3.22. The minimum absolute atomic E-state index is 0.126. The van der Waals surface area contributed by atoms with Crippen LogP contribution in [-0.2, 0) is 4.79 Å². The highest BCUT2D eigenvalue weighted by Crippen LogP contribution is 2.42. The first-order chi connectivity index (χ1) is 13.1. The molecule has 138 valence electrons. The second-order valence-electron chi connectivity index (χ2n) is 5.96. The van der Waals surface area contributed by atoms with Crippen LogP contribution in [0.15, 0.2) is 59.6 Å². The van der Waals surface area contributed by atoms with Gasteiger partial charge in [-0.2, -0.15) is 0 Å². The van der Waals surface area contributed by atoms with Crippen LogP contribution < -0.4 is 15.3 Å². The van der Waals surface area contributed by atoms with Gasteiger partial charge >= 0.3 is 0 Å². The van der Waals surface area contributed by atoms with Gasteiger partial charge in [0.1, 0.15) is 11.4 Å². The molecule has 0 spiro atoms. The summed E-state index contributed by atoms with van der Waals surface area (Å²) in [5, 5.41) is 25.0. The molecule has 0 saturated carbocycles. The number of ether oxygens (including phenoxy) is 1. The lowest BCUT2D eigenvalue weighted by atomic mass is 10.1. The molecule has 2 N–H and O–H groups in total. The van der Waals surface area contributed by atoms with E-state index in [0.29, 0.717) is 5.70 Å². The number of hydrogen-bond acceptors (Lipinski definition) is 7. The Hall–Kier alpha value is -2.94. The third-order valence-electron chi connectivity index (χ3n) is 4.33. The number of carbonyl (C=O) groups is 1. The van der Waals surface area contributed by atoms with Crippen molar-refractivity contribution < 1.29 is 14.7 Å². The van der Waals surface area contributed by atoms with Crippen LogP contribution in [0.4, 0.5) is 5.69 Å². The van der Waals surface area contributed by atoms with Gasteiger partial charge in [0, 0.05) is 5.56 Å². The van der Waals surface area contributed by atoms with Crippen LogP contribution in [0.1, 0.15) is 11.1 Å². The standard InChI is InChI=1S/C19H16N3O4S/c1-26-15-7-5-12(6-8-15)9-16-18(23)20-19-21(16)17(11-27-19)13-3-2-4-14(10-13)22(24)25/h2-11,19,24H,1H3,(H,20,23)/q-1/b16-9+. The number of nitrogens with zero attached hydrogens (tertiary/aromatic N) is 2. The SMILES string of the molecule is COc1ccc(/C=C2\C(=O)NC3SC=C(c4cccc(N([O-])O)c4)N23)cc1. The van der Waals surface area contributed by atoms with E-state index < -0.39 is 0 Å². The summed E-state index contributed by atoms with van der Waals surface area (Å²) in [5.41, 5.74) is 2.78. The number of anilines is 1. The highest BCUT2D eigenvalue weighted by atomic mass is 32.2. The van der Waals surface area contributed by atoms with Crippen molar-refractivity contribution in [2.45, 2.75) is 5.50 Å². The van der Waals surface area contributed by atoms with Crippen molar-refractivity contribution in [3.63, 3.8) is 0 Å². The van der Waals surface area contributed by atoms with E-state index in [1.54, 1.807) is 19.2 Å². The molecular formula is C19H16N3O4S-. The second kappa shape index (κ2) is 6.99. The molecule has 1 unspecified atom stereocenters. The lowest BCUT2D eigenvalue weighted by Crippen LogP contribution is -2.27. The van der Waals surface area contributed by atoms with Gasteiger partial charge in [0.25, 0.3) is 5.91 Å². The maximum absolute atomic E-state index is 12.5. The lowest BCUT2D eigenvalue weighted by Gasteiger charge is -2.24. The summed E-state index contributed by atoms with van der Waals surface area (Å²) in [6.07, 6.45) is 1.81. The molecule has 27 heavy (non-hydrogen) atoms. The quantitative estimate of drug-likeness (QED) is 0.620. The Morgan fingerprint density at radius 3 is 2.78 bits per heavy atom. The Labute approximate surface area is 160 Å². The molecule has 0 aliphatic carbocycles. The van der Waals surface area contributed by atoms with Crippen LogP contribution in [-0.4, -0.2) is 28.6 Å². The minimum atomic E-state index is -0.238. The monoisotopic (exact) mass is 382 g/mol. The molecule has 0 aromatic heterocycles. The Morgan fingerprint density at radius 2 is 2.07 bits per heavy atom. The van der Waals surface area contributed by atoms with Crippen molar-refractivity contribution in [3.05, 3.63) is 76.0 Å². The number of fused-ring (bicyclic) bond motifs is 1. The van der Waals surface area contributed by atoms with Crippen LogP contribution in [0.5, 0.6) is 5.75 Å². The molecule has 2 aliphatic heterocycles. The first-order valence-corrected chi connectivity index (χ1v) is 9.09. The molecule has 0 bridgehead atoms. The molecule has 1 saturated heterocycles. The maximum atomic E-state index is 12.5. The van der Waals surface area contributed by atoms with Crippen LogP contribution >= 0.6 is 11.8 Å². The van der Waals surface area contributed by atoms with Gasteiger partial charge in [-0.1, -0.05) is 36.0 Å². The van der Waals surface area contributed by atoms with Crippen LogP contribution in [0.25, 0.3) is 11.8 Å². The Morgan fingerprint density at radius 1 is 1.30 bits per heavy atom. The minimum Gasteiger partial charge on any atom is -0.733 e. The van der Waals surface area contributed by atoms with Crippen molar-refractivity contribution in [2.75, 3.05) is 12.3 Å². The van der Waals surface area contributed by atoms with Crippen LogP contribution in [0.3, 0.4) is 0 Å². The zero-order chi connectivity index (χ0) is 19.0. The Bertz CT molecular complexity index is 940. The summed E-state index contributed by atoms with van der Waals surface area (Å²) in [4.78, 5) is 14.4. The van der Waals surface area contributed by atoms with E-state index in [2.05, 4.69) is 5.32 Å². The largest absolute Gasteiger partial charge is 0.733 e. The first-order valence-electron chi connectivity index (χ1n) is 8.15. The molecule has 4 rings (SSSR count). The van der Waals surface area contributed by atoms with Crippen molar-refractivity contribution in [1.82, 2.24) is 10.2 Å². The van der Waals surface area contributed by atoms with Gasteiger partial charge in [0.05, 0.1) is 18.5 Å². The molecule has 2 heterocycles. The predicted molar refractivity (Wildman–Crippen MR) is 104 cm³/mol. The summed E-state index contributed by atoms with van der Waals surface area (Å²) in [7, 11) is 1.60. The van der Waals surface area contributed by atoms with Crippen molar-refractivity contribution in [3.8, 4) is 5.75 Å². The van der Waals surface area contributed by atoms with Crippen molar-refractivity contribution >= 4 is 35.1 Å². The number of hydrogen-bond donors (Lipinski definition) is 2. The van der Waals surface area contributed by atoms with E-state index in [-0.39, 0.29) is 22.3 Å². The topological polar surface area (TPSA) is 88.1 Å². The van der Waals surface area contributed by atoms with E-state index in [1.165, 1.54) is 17.8 Å². The summed E-state index contributed by atoms with van der Waals surface area (Å²) < 4.78 is 5.16. The summed E-state index contributed by atoms with van der Waals surface area (Å²) in [5.74, 6) is 0.573. The molecule has 2 aromatic rings. The molecule has 1 amide bonds. The molecule has 0 radical (unpaired) electrons. The molecule has 1 atom stereocenters. The van der Waals surface area contributed by atoms with Crippen LogP contribution in [0, 0.1) is 5.21 Å². The van der Waals surface area contributed by atoms with E-state index in [1.807, 2.05) is 46.7 Å². The van der Waals surface area contributed by atoms with E-state index in [9.17, 15) is 10.0 Å². The molecule has 2 aliphatic rings. The average molecular weight is 382 g/mol. The number of methoxy groups -OCH3 is 1. The van der Waals surface area contributed by atoms with Gasteiger partial charge in [0.15, 0.2) is 5.50 Å². The Balaban J connectivity index is 1.69. The van der Waals surface area contributed by atoms with Crippen molar-refractivity contribution in [1.29, 1.82) is 0 Å². The number of nitrogens with one attached hydrogen (secondary N) is 1. The van der Waals surface area contributed by atoms with Gasteiger partial charge < -0.3 is 25.4 Å². The van der Waals surface area contributed by atoms with E-state index in [4.69, 9.17) is 9.94 Å². The number of amides is 1. The highest BCUT2D eigenvalue weighted by Gasteiger charge is 2.40. The Kier molecular flexibility index (Phi) is 4.53. The molecular weight excluding hydrogens is 366 g/mol. The third kappa shape index (κ3) is 3.25. The predicted octanol–water partition coefficient (Wildman–Crippen LogP) is 3.19. The lowest BCUT2D eigenvalue weighted by molar-refractivity contribution is -0.116. The molecule has 7 nitrogen and oxygen atoms in total. The first kappa shape index (κ1) is 17.5. The number of rotatable bonds is 4. The summed E-state index contributed by atoms with van der Waals surface area (Å²) in [6, 6.07) is 14.0. The molecule has 2 aromatic carbocycles. The van der Waals surface area contributed by atoms with E-state index in [0.717, 1.165) is 22.6 Å². The third-order valence-corrected chi connectivity index (χ3v) is 5.28. The van der Waals surface area contributed by atoms with Crippen molar-refractivity contribution in [2.24, 2.45) is 0 Å². The normalized spacial score (nSPS) is 19.7. The number of benzene rings is 2. The number of thioether (sulfide) groups is 1. The summed E-state index contributed by atoms with van der Waals surface area (Å²) >= 11 is 1.47. The fraction of sp³-hybridized carbons (Fsp3) is 0.105. The molecule has 1 fully saturated rings. The fourth-order valence-corrected chi connectivity index (χ4v) is 4.04. The van der Waals surface area contributed by atoms with Gasteiger partial charge in [-0.05, 0) is 41.3 Å². The van der Waals surface area contributed by atoms with Gasteiger partial charge in [-0.3, -0.25) is 10.0 Å². The van der Waals surface area contributed by atoms with Gasteiger partial charge in [0.2, 0.25) is 0 Å². The summed E-state index contributed by atoms with van der Waals surface area (Å²) in [6.45, 7) is 0.